The summed E-state index contributed by atoms with van der Waals surface area (Å²) in [5.74, 6) is -0.961. The molecule has 0 radical (unpaired) electrons. The second-order valence-electron chi connectivity index (χ2n) is 5.69. The molecule has 0 aromatic heterocycles. The topological polar surface area (TPSA) is 58.6 Å². The standard InChI is InChI=1S/C14H17F4NO3/c1-13(2,3)22-12(21)19-9-5-4-8(10(15)7-9)6-11(20)14(16,17)18/h4-5,7,11,20H,6H2,1-3H3,(H,19,21). The van der Waals surface area contributed by atoms with Crippen LogP contribution in [0, 0.1) is 5.82 Å². The number of benzene rings is 1. The molecule has 0 saturated heterocycles. The fourth-order valence-corrected chi connectivity index (χ4v) is 1.54. The Kier molecular flexibility index (Phi) is 5.39. The van der Waals surface area contributed by atoms with Crippen molar-refractivity contribution >= 4 is 11.8 Å². The lowest BCUT2D eigenvalue weighted by Gasteiger charge is -2.20. The molecule has 0 aliphatic carbocycles. The first kappa shape index (κ1) is 18.2. The summed E-state index contributed by atoms with van der Waals surface area (Å²) in [4.78, 5) is 11.5. The van der Waals surface area contributed by atoms with Gasteiger partial charge in [0.25, 0.3) is 0 Å². The van der Waals surface area contributed by atoms with Gasteiger partial charge in [-0.05, 0) is 38.5 Å². The Morgan fingerprint density at radius 3 is 2.36 bits per heavy atom. The van der Waals surface area contributed by atoms with Crippen LogP contribution in [0.2, 0.25) is 0 Å². The molecule has 1 rings (SSSR count). The Morgan fingerprint density at radius 2 is 1.91 bits per heavy atom. The largest absolute Gasteiger partial charge is 0.444 e. The van der Waals surface area contributed by atoms with Crippen molar-refractivity contribution in [2.75, 3.05) is 5.32 Å². The summed E-state index contributed by atoms with van der Waals surface area (Å²) in [7, 11) is 0. The van der Waals surface area contributed by atoms with Crippen molar-refractivity contribution in [2.24, 2.45) is 0 Å². The van der Waals surface area contributed by atoms with Gasteiger partial charge in [0.05, 0.1) is 0 Å². The first-order valence-electron chi connectivity index (χ1n) is 6.42. The molecule has 8 heteroatoms. The van der Waals surface area contributed by atoms with E-state index in [1.807, 2.05) is 0 Å². The Labute approximate surface area is 125 Å². The number of amides is 1. The summed E-state index contributed by atoms with van der Waals surface area (Å²) in [6, 6.07) is 3.16. The minimum absolute atomic E-state index is 0.0389. The van der Waals surface area contributed by atoms with Gasteiger partial charge < -0.3 is 9.84 Å². The van der Waals surface area contributed by atoms with Crippen LogP contribution in [0.15, 0.2) is 18.2 Å². The van der Waals surface area contributed by atoms with E-state index in [-0.39, 0.29) is 11.3 Å². The van der Waals surface area contributed by atoms with Crippen molar-refractivity contribution in [3.8, 4) is 0 Å². The van der Waals surface area contributed by atoms with Gasteiger partial charge in [-0.2, -0.15) is 13.2 Å². The minimum Gasteiger partial charge on any atom is -0.444 e. The summed E-state index contributed by atoms with van der Waals surface area (Å²) in [5.41, 5.74) is -1.00. The van der Waals surface area contributed by atoms with Crippen LogP contribution in [0.1, 0.15) is 26.3 Å². The fourth-order valence-electron chi connectivity index (χ4n) is 1.54. The van der Waals surface area contributed by atoms with Gasteiger partial charge in [0, 0.05) is 12.1 Å². The number of rotatable bonds is 3. The number of hydrogen-bond donors (Lipinski definition) is 2. The fraction of sp³-hybridized carbons (Fsp3) is 0.500. The molecule has 1 aromatic rings. The molecule has 1 aromatic carbocycles. The van der Waals surface area contributed by atoms with E-state index in [0.717, 1.165) is 12.1 Å². The average molecular weight is 323 g/mol. The average Bonchev–Trinajstić information content (AvgIpc) is 2.28. The molecule has 0 fully saturated rings. The van der Waals surface area contributed by atoms with Crippen LogP contribution in [-0.2, 0) is 11.2 Å². The van der Waals surface area contributed by atoms with E-state index in [9.17, 15) is 22.4 Å². The summed E-state index contributed by atoms with van der Waals surface area (Å²) in [6.07, 6.45) is -9.18. The van der Waals surface area contributed by atoms with E-state index >= 15 is 0 Å². The van der Waals surface area contributed by atoms with Crippen LogP contribution in [0.4, 0.5) is 28.0 Å². The van der Waals surface area contributed by atoms with Crippen LogP contribution in [0.3, 0.4) is 0 Å². The lowest BCUT2D eigenvalue weighted by Crippen LogP contribution is -2.30. The Hall–Kier alpha value is -1.83. The van der Waals surface area contributed by atoms with E-state index in [0.29, 0.717) is 0 Å². The van der Waals surface area contributed by atoms with Crippen LogP contribution >= 0.6 is 0 Å². The molecule has 2 N–H and O–H groups in total. The van der Waals surface area contributed by atoms with Gasteiger partial charge in [0.2, 0.25) is 0 Å². The number of carbonyl (C=O) groups excluding carboxylic acids is 1. The molecule has 0 saturated carbocycles. The van der Waals surface area contributed by atoms with E-state index < -0.39 is 36.2 Å². The Morgan fingerprint density at radius 1 is 1.32 bits per heavy atom. The number of ether oxygens (including phenoxy) is 1. The molecular weight excluding hydrogens is 306 g/mol. The second kappa shape index (κ2) is 6.51. The molecule has 4 nitrogen and oxygen atoms in total. The lowest BCUT2D eigenvalue weighted by molar-refractivity contribution is -0.203. The SMILES string of the molecule is CC(C)(C)OC(=O)Nc1ccc(CC(O)C(F)(F)F)c(F)c1. The molecule has 0 bridgehead atoms. The third-order valence-corrected chi connectivity index (χ3v) is 2.49. The molecule has 1 unspecified atom stereocenters. The predicted molar refractivity (Wildman–Crippen MR) is 72.0 cm³/mol. The monoisotopic (exact) mass is 323 g/mol. The van der Waals surface area contributed by atoms with Gasteiger partial charge in [-0.15, -0.1) is 0 Å². The van der Waals surface area contributed by atoms with Crippen molar-refractivity contribution in [2.45, 2.75) is 45.1 Å². The second-order valence-corrected chi connectivity index (χ2v) is 5.69. The van der Waals surface area contributed by atoms with Gasteiger partial charge in [-0.25, -0.2) is 9.18 Å². The molecule has 0 spiro atoms. The molecule has 22 heavy (non-hydrogen) atoms. The van der Waals surface area contributed by atoms with Gasteiger partial charge in [-0.1, -0.05) is 6.07 Å². The highest BCUT2D eigenvalue weighted by molar-refractivity contribution is 5.84. The van der Waals surface area contributed by atoms with Crippen molar-refractivity contribution in [1.29, 1.82) is 0 Å². The van der Waals surface area contributed by atoms with E-state index in [1.54, 1.807) is 20.8 Å². The first-order chi connectivity index (χ1) is 9.88. The highest BCUT2D eigenvalue weighted by Crippen LogP contribution is 2.25. The maximum Gasteiger partial charge on any atom is 0.414 e. The van der Waals surface area contributed by atoms with Crippen LogP contribution in [-0.4, -0.2) is 29.1 Å². The smallest absolute Gasteiger partial charge is 0.414 e. The number of halogens is 4. The number of aliphatic hydroxyl groups excluding tert-OH is 1. The van der Waals surface area contributed by atoms with Gasteiger partial charge in [0.1, 0.15) is 11.4 Å². The zero-order valence-corrected chi connectivity index (χ0v) is 12.3. The number of aliphatic hydroxyl groups is 1. The first-order valence-corrected chi connectivity index (χ1v) is 6.42. The number of carbonyl (C=O) groups is 1. The minimum atomic E-state index is -4.82. The molecule has 124 valence electrons. The molecule has 0 heterocycles. The maximum atomic E-state index is 13.7. The molecule has 0 aliphatic heterocycles. The van der Waals surface area contributed by atoms with Crippen LogP contribution < -0.4 is 5.32 Å². The number of nitrogens with one attached hydrogen (secondary N) is 1. The van der Waals surface area contributed by atoms with E-state index in [1.165, 1.54) is 6.07 Å². The maximum absolute atomic E-state index is 13.7. The van der Waals surface area contributed by atoms with E-state index in [2.05, 4.69) is 5.32 Å². The number of anilines is 1. The van der Waals surface area contributed by atoms with Gasteiger partial charge >= 0.3 is 12.3 Å². The highest BCUT2D eigenvalue weighted by atomic mass is 19.4. The third kappa shape index (κ3) is 5.88. The third-order valence-electron chi connectivity index (χ3n) is 2.49. The quantitative estimate of drug-likeness (QED) is 0.835. The molecule has 0 aliphatic rings. The molecular formula is C14H17F4NO3. The van der Waals surface area contributed by atoms with Crippen molar-refractivity contribution in [1.82, 2.24) is 0 Å². The number of alkyl halides is 3. The summed E-state index contributed by atoms with van der Waals surface area (Å²) in [5, 5.41) is 11.2. The van der Waals surface area contributed by atoms with Crippen molar-refractivity contribution < 1.29 is 32.2 Å². The zero-order chi connectivity index (χ0) is 17.1. The highest BCUT2D eigenvalue weighted by Gasteiger charge is 2.38. The van der Waals surface area contributed by atoms with Crippen molar-refractivity contribution in [3.63, 3.8) is 0 Å². The Balaban J connectivity index is 2.76. The van der Waals surface area contributed by atoms with E-state index in [4.69, 9.17) is 9.84 Å². The Bertz CT molecular complexity index is 538. The summed E-state index contributed by atoms with van der Waals surface area (Å²) in [6.45, 7) is 4.94. The van der Waals surface area contributed by atoms with Crippen LogP contribution in [0.25, 0.3) is 0 Å². The zero-order valence-electron chi connectivity index (χ0n) is 12.3. The predicted octanol–water partition coefficient (Wildman–Crippen LogP) is 3.64. The normalized spacial score (nSPS) is 13.6. The lowest BCUT2D eigenvalue weighted by atomic mass is 10.1. The van der Waals surface area contributed by atoms with Crippen LogP contribution in [0.5, 0.6) is 0 Å². The summed E-state index contributed by atoms with van der Waals surface area (Å²) < 4.78 is 55.4. The molecule has 1 atom stereocenters. The number of hydrogen-bond acceptors (Lipinski definition) is 3. The van der Waals surface area contributed by atoms with Crippen molar-refractivity contribution in [3.05, 3.63) is 29.6 Å². The summed E-state index contributed by atoms with van der Waals surface area (Å²) >= 11 is 0. The van der Waals surface area contributed by atoms with Gasteiger partial charge in [0.15, 0.2) is 6.10 Å². The van der Waals surface area contributed by atoms with Gasteiger partial charge in [-0.3, -0.25) is 5.32 Å². The molecule has 1 amide bonds.